The van der Waals surface area contributed by atoms with Crippen molar-refractivity contribution in [3.63, 3.8) is 0 Å². The van der Waals surface area contributed by atoms with E-state index in [9.17, 15) is 28.8 Å². The van der Waals surface area contributed by atoms with Gasteiger partial charge in [0.2, 0.25) is 11.8 Å². The number of benzene rings is 2. The maximum atomic E-state index is 12.8. The van der Waals surface area contributed by atoms with Crippen LogP contribution in [0.25, 0.3) is 0 Å². The van der Waals surface area contributed by atoms with Crippen LogP contribution in [0.4, 0.5) is 11.4 Å². The highest BCUT2D eigenvalue weighted by atomic mass is 127. The third-order valence-corrected chi connectivity index (χ3v) is 11.0. The van der Waals surface area contributed by atoms with E-state index in [4.69, 9.17) is 22.4 Å². The number of anilines is 2. The van der Waals surface area contributed by atoms with Crippen LogP contribution < -0.4 is 33.3 Å². The van der Waals surface area contributed by atoms with Crippen LogP contribution in [0.3, 0.4) is 0 Å². The molecule has 2 aromatic carbocycles. The molecule has 38 heavy (non-hydrogen) atoms. The zero-order chi connectivity index (χ0) is 29.2. The summed E-state index contributed by atoms with van der Waals surface area (Å²) in [6.07, 6.45) is -0.735. The van der Waals surface area contributed by atoms with E-state index < -0.39 is 41.9 Å². The SMILES string of the molecule is NC(=O)c1c(I)c(NC(=O)CC(=O)Nc2c(I)c(C(N)=O)c(I)c(C(=O)NO)c2I)c(I)c(C(N)=O)c1I. The van der Waals surface area contributed by atoms with Gasteiger partial charge < -0.3 is 27.8 Å². The second kappa shape index (κ2) is 14.0. The number of primary amides is 3. The third-order valence-electron chi connectivity index (χ3n) is 4.55. The van der Waals surface area contributed by atoms with E-state index in [1.807, 2.05) is 0 Å². The van der Waals surface area contributed by atoms with Gasteiger partial charge in [-0.25, -0.2) is 5.48 Å². The van der Waals surface area contributed by atoms with Gasteiger partial charge in [-0.15, -0.1) is 0 Å². The number of hydrogen-bond donors (Lipinski definition) is 7. The molecular formula is C19H12I6N6O7. The summed E-state index contributed by atoms with van der Waals surface area (Å²) in [6.45, 7) is 0. The molecule has 2 rings (SSSR count). The molecule has 0 aliphatic heterocycles. The fourth-order valence-electron chi connectivity index (χ4n) is 2.96. The molecular weight excluding hydrogens is 1190 g/mol. The number of carbonyl (C=O) groups excluding carboxylic acids is 6. The Balaban J connectivity index is 2.46. The minimum absolute atomic E-state index is 0.0168. The Morgan fingerprint density at radius 2 is 0.842 bits per heavy atom. The highest BCUT2D eigenvalue weighted by Crippen LogP contribution is 2.37. The molecule has 0 spiro atoms. The Bertz CT molecular complexity index is 1410. The summed E-state index contributed by atoms with van der Waals surface area (Å²) >= 11 is 10.6. The minimum Gasteiger partial charge on any atom is -0.366 e. The molecule has 6 amide bonds. The van der Waals surface area contributed by atoms with Crippen LogP contribution in [-0.2, 0) is 9.59 Å². The van der Waals surface area contributed by atoms with Crippen molar-refractivity contribution in [2.45, 2.75) is 6.42 Å². The predicted molar refractivity (Wildman–Crippen MR) is 186 cm³/mol. The molecule has 0 atom stereocenters. The first-order valence-corrected chi connectivity index (χ1v) is 15.9. The first kappa shape index (κ1) is 33.8. The smallest absolute Gasteiger partial charge is 0.276 e. The van der Waals surface area contributed by atoms with Crippen molar-refractivity contribution in [2.24, 2.45) is 17.2 Å². The zero-order valence-electron chi connectivity index (χ0n) is 18.1. The van der Waals surface area contributed by atoms with E-state index in [0.29, 0.717) is 0 Å². The molecule has 0 saturated heterocycles. The van der Waals surface area contributed by atoms with Crippen LogP contribution in [0.5, 0.6) is 0 Å². The van der Waals surface area contributed by atoms with Gasteiger partial charge in [0.05, 0.1) is 47.9 Å². The number of nitrogens with one attached hydrogen (secondary N) is 3. The number of rotatable bonds is 8. The van der Waals surface area contributed by atoms with Crippen LogP contribution in [0.1, 0.15) is 47.9 Å². The Hall–Kier alpha value is -0.400. The highest BCUT2D eigenvalue weighted by molar-refractivity contribution is 14.1. The Labute approximate surface area is 295 Å². The van der Waals surface area contributed by atoms with Crippen molar-refractivity contribution in [2.75, 3.05) is 10.6 Å². The Kier molecular flexibility index (Phi) is 12.4. The second-order valence-electron chi connectivity index (χ2n) is 6.94. The summed E-state index contributed by atoms with van der Waals surface area (Å²) in [5, 5.41) is 14.1. The van der Waals surface area contributed by atoms with Crippen molar-refractivity contribution >= 4 is 182 Å². The summed E-state index contributed by atoms with van der Waals surface area (Å²) in [4.78, 5) is 73.9. The van der Waals surface area contributed by atoms with Crippen LogP contribution in [0, 0.1) is 21.4 Å². The molecule has 10 N–H and O–H groups in total. The van der Waals surface area contributed by atoms with Crippen molar-refractivity contribution in [1.29, 1.82) is 0 Å². The lowest BCUT2D eigenvalue weighted by atomic mass is 10.1. The van der Waals surface area contributed by atoms with Crippen molar-refractivity contribution in [1.82, 2.24) is 5.48 Å². The van der Waals surface area contributed by atoms with E-state index in [-0.39, 0.29) is 55.0 Å². The van der Waals surface area contributed by atoms with E-state index in [1.54, 1.807) is 136 Å². The quantitative estimate of drug-likeness (QED) is 0.0903. The molecule has 0 bridgehead atoms. The van der Waals surface area contributed by atoms with Gasteiger partial charge in [-0.3, -0.25) is 34.0 Å². The summed E-state index contributed by atoms with van der Waals surface area (Å²) < 4.78 is 1.27. The topological polar surface area (TPSA) is 237 Å². The molecule has 0 aliphatic carbocycles. The molecule has 13 nitrogen and oxygen atoms in total. The molecule has 2 aromatic rings. The van der Waals surface area contributed by atoms with Gasteiger partial charge in [-0.1, -0.05) is 0 Å². The van der Waals surface area contributed by atoms with Gasteiger partial charge in [-0.2, -0.15) is 0 Å². The first-order chi connectivity index (χ1) is 17.6. The Morgan fingerprint density at radius 1 is 0.553 bits per heavy atom. The molecule has 0 aromatic heterocycles. The molecule has 202 valence electrons. The van der Waals surface area contributed by atoms with Crippen molar-refractivity contribution in [3.8, 4) is 0 Å². The van der Waals surface area contributed by atoms with E-state index in [2.05, 4.69) is 10.6 Å². The zero-order valence-corrected chi connectivity index (χ0v) is 31.0. The molecule has 0 fully saturated rings. The molecule has 0 radical (unpaired) electrons. The molecule has 0 aliphatic rings. The van der Waals surface area contributed by atoms with Gasteiger partial charge in [-0.05, 0) is 136 Å². The normalized spacial score (nSPS) is 10.5. The molecule has 0 heterocycles. The summed E-state index contributed by atoms with van der Waals surface area (Å²) in [5.74, 6) is -5.16. The largest absolute Gasteiger partial charge is 0.366 e. The second-order valence-corrected chi connectivity index (χ2v) is 13.4. The first-order valence-electron chi connectivity index (χ1n) is 9.41. The number of nitrogens with two attached hydrogens (primary N) is 3. The lowest BCUT2D eigenvalue weighted by Crippen LogP contribution is -2.28. The summed E-state index contributed by atoms with van der Waals surface area (Å²) in [5.41, 5.74) is 17.8. The number of hydrogen-bond acceptors (Lipinski definition) is 7. The fraction of sp³-hybridized carbons (Fsp3) is 0.0526. The van der Waals surface area contributed by atoms with Gasteiger partial charge in [0.1, 0.15) is 6.42 Å². The summed E-state index contributed by atoms with van der Waals surface area (Å²) in [6, 6.07) is 0. The van der Waals surface area contributed by atoms with Gasteiger partial charge >= 0.3 is 0 Å². The van der Waals surface area contributed by atoms with Crippen LogP contribution in [0.15, 0.2) is 0 Å². The van der Waals surface area contributed by atoms with Crippen LogP contribution >= 0.6 is 136 Å². The highest BCUT2D eigenvalue weighted by Gasteiger charge is 2.29. The predicted octanol–water partition coefficient (Wildman–Crippen LogP) is 2.70. The molecule has 19 heteroatoms. The lowest BCUT2D eigenvalue weighted by Gasteiger charge is -2.18. The monoisotopic (exact) mass is 1200 g/mol. The fourth-order valence-corrected chi connectivity index (χ4v) is 11.9. The van der Waals surface area contributed by atoms with Crippen LogP contribution in [0.2, 0.25) is 0 Å². The van der Waals surface area contributed by atoms with Crippen LogP contribution in [-0.4, -0.2) is 40.7 Å². The van der Waals surface area contributed by atoms with Gasteiger partial charge in [0.15, 0.2) is 0 Å². The minimum atomic E-state index is -0.940. The van der Waals surface area contributed by atoms with E-state index >= 15 is 0 Å². The number of hydroxylamine groups is 1. The molecule has 0 saturated carbocycles. The third kappa shape index (κ3) is 7.08. The lowest BCUT2D eigenvalue weighted by molar-refractivity contribution is -0.123. The Morgan fingerprint density at radius 3 is 1.13 bits per heavy atom. The van der Waals surface area contributed by atoms with E-state index in [0.717, 1.165) is 0 Å². The number of carbonyl (C=O) groups is 6. The average molecular weight is 1200 g/mol. The number of halogens is 6. The van der Waals surface area contributed by atoms with E-state index in [1.165, 1.54) is 5.48 Å². The average Bonchev–Trinajstić information content (AvgIpc) is 2.78. The number of amides is 6. The van der Waals surface area contributed by atoms with Crippen molar-refractivity contribution < 1.29 is 34.0 Å². The maximum Gasteiger partial charge on any atom is 0.276 e. The molecule has 0 unspecified atom stereocenters. The summed E-state index contributed by atoms with van der Waals surface area (Å²) in [7, 11) is 0. The maximum absolute atomic E-state index is 12.8. The van der Waals surface area contributed by atoms with Gasteiger partial charge in [0, 0.05) is 7.14 Å². The van der Waals surface area contributed by atoms with Gasteiger partial charge in [0.25, 0.3) is 23.6 Å². The van der Waals surface area contributed by atoms with Crippen molar-refractivity contribution in [3.05, 3.63) is 43.7 Å². The standard InChI is InChI=1S/C19H12I6N6O7/c20-8-4(16(26)34)10(22)14(11(23)5(8)17(27)35)29-2(32)1-3(33)30-15-12(24)6(18(28)36)9(21)7(13(15)25)19(37)31-38/h38H,1H2,(H2,26,34)(H2,27,35)(H2,28,36)(H,29,32)(H,30,33)(H,31,37).